The lowest BCUT2D eigenvalue weighted by Crippen LogP contribution is -2.23. The third-order valence-electron chi connectivity index (χ3n) is 2.91. The summed E-state index contributed by atoms with van der Waals surface area (Å²) in [6.07, 6.45) is 0. The number of fused-ring (bicyclic) bond motifs is 1. The minimum absolute atomic E-state index is 0.0980. The van der Waals surface area contributed by atoms with Gasteiger partial charge in [0.15, 0.2) is 0 Å². The monoisotopic (exact) mass is 278 g/mol. The standard InChI is InChI=1S/C13H15ClN4O/c1-17(6-7-19)9-13-16-11-8-10(14)2-3-12(11)18(13)5-4-15/h2-3,8,19H,5-7,9H2,1H3. The number of imidazole rings is 1. The molecule has 0 aliphatic carbocycles. The van der Waals surface area contributed by atoms with Crippen molar-refractivity contribution in [3.8, 4) is 6.07 Å². The first kappa shape index (κ1) is 13.8. The zero-order valence-corrected chi connectivity index (χ0v) is 11.4. The maximum Gasteiger partial charge on any atom is 0.125 e. The van der Waals surface area contributed by atoms with Crippen molar-refractivity contribution in [3.63, 3.8) is 0 Å². The van der Waals surface area contributed by atoms with Gasteiger partial charge in [0.1, 0.15) is 12.4 Å². The number of aliphatic hydroxyl groups is 1. The van der Waals surface area contributed by atoms with E-state index in [1.165, 1.54) is 0 Å². The predicted molar refractivity (Wildman–Crippen MR) is 73.8 cm³/mol. The van der Waals surface area contributed by atoms with Crippen LogP contribution in [-0.4, -0.2) is 39.8 Å². The topological polar surface area (TPSA) is 65.1 Å². The summed E-state index contributed by atoms with van der Waals surface area (Å²) in [5, 5.41) is 18.5. The van der Waals surface area contributed by atoms with Crippen LogP contribution in [0.15, 0.2) is 18.2 Å². The van der Waals surface area contributed by atoms with Crippen LogP contribution in [0.4, 0.5) is 0 Å². The Morgan fingerprint density at radius 3 is 3.00 bits per heavy atom. The lowest BCUT2D eigenvalue weighted by molar-refractivity contribution is 0.213. The summed E-state index contributed by atoms with van der Waals surface area (Å²) in [6.45, 7) is 1.49. The number of hydrogen-bond acceptors (Lipinski definition) is 4. The number of aliphatic hydroxyl groups excluding tert-OH is 1. The van der Waals surface area contributed by atoms with Crippen LogP contribution in [0, 0.1) is 11.3 Å². The molecule has 6 heteroatoms. The van der Waals surface area contributed by atoms with E-state index in [-0.39, 0.29) is 13.2 Å². The predicted octanol–water partition coefficient (Wildman–Crippen LogP) is 1.64. The Morgan fingerprint density at radius 2 is 2.32 bits per heavy atom. The van der Waals surface area contributed by atoms with Crippen molar-refractivity contribution >= 4 is 22.6 Å². The van der Waals surface area contributed by atoms with Crippen molar-refractivity contribution in [2.75, 3.05) is 20.2 Å². The van der Waals surface area contributed by atoms with E-state index in [0.717, 1.165) is 16.9 Å². The van der Waals surface area contributed by atoms with E-state index in [1.807, 2.05) is 22.6 Å². The Morgan fingerprint density at radius 1 is 1.53 bits per heavy atom. The quantitative estimate of drug-likeness (QED) is 0.903. The van der Waals surface area contributed by atoms with Crippen molar-refractivity contribution in [2.24, 2.45) is 0 Å². The second-order valence-electron chi connectivity index (χ2n) is 4.37. The number of aromatic nitrogens is 2. The average Bonchev–Trinajstić information content (AvgIpc) is 2.67. The molecule has 2 rings (SSSR count). The van der Waals surface area contributed by atoms with Crippen LogP contribution in [0.25, 0.3) is 11.0 Å². The highest BCUT2D eigenvalue weighted by Crippen LogP contribution is 2.21. The summed E-state index contributed by atoms with van der Waals surface area (Å²) in [5.74, 6) is 0.801. The lowest BCUT2D eigenvalue weighted by atomic mass is 10.3. The molecule has 1 aromatic heterocycles. The smallest absolute Gasteiger partial charge is 0.125 e. The van der Waals surface area contributed by atoms with Gasteiger partial charge in [0.2, 0.25) is 0 Å². The summed E-state index contributed by atoms with van der Waals surface area (Å²) in [4.78, 5) is 6.47. The van der Waals surface area contributed by atoms with Crippen molar-refractivity contribution in [3.05, 3.63) is 29.0 Å². The third-order valence-corrected chi connectivity index (χ3v) is 3.15. The number of halogens is 1. The Balaban J connectivity index is 2.41. The summed E-state index contributed by atoms with van der Waals surface area (Å²) in [6, 6.07) is 7.60. The fraction of sp³-hybridized carbons (Fsp3) is 0.385. The van der Waals surface area contributed by atoms with Crippen LogP contribution in [0.5, 0.6) is 0 Å². The zero-order chi connectivity index (χ0) is 13.8. The Bertz CT molecular complexity index is 617. The number of nitrogens with zero attached hydrogens (tertiary/aromatic N) is 4. The molecule has 0 saturated carbocycles. The van der Waals surface area contributed by atoms with Crippen molar-refractivity contribution in [1.29, 1.82) is 5.26 Å². The fourth-order valence-corrected chi connectivity index (χ4v) is 2.18. The van der Waals surface area contributed by atoms with Gasteiger partial charge in [-0.15, -0.1) is 0 Å². The lowest BCUT2D eigenvalue weighted by Gasteiger charge is -2.14. The van der Waals surface area contributed by atoms with Crippen LogP contribution in [0.1, 0.15) is 5.82 Å². The molecule has 1 heterocycles. The van der Waals surface area contributed by atoms with E-state index in [2.05, 4.69) is 11.1 Å². The highest BCUT2D eigenvalue weighted by atomic mass is 35.5. The first-order chi connectivity index (χ1) is 9.15. The highest BCUT2D eigenvalue weighted by Gasteiger charge is 2.12. The van der Waals surface area contributed by atoms with Crippen molar-refractivity contribution < 1.29 is 5.11 Å². The van der Waals surface area contributed by atoms with Crippen LogP contribution in [0.2, 0.25) is 5.02 Å². The first-order valence-corrected chi connectivity index (χ1v) is 6.34. The summed E-state index contributed by atoms with van der Waals surface area (Å²) >= 11 is 5.96. The molecular formula is C13H15ClN4O. The van der Waals surface area contributed by atoms with Crippen LogP contribution in [-0.2, 0) is 13.1 Å². The van der Waals surface area contributed by atoms with E-state index >= 15 is 0 Å². The molecule has 0 spiro atoms. The van der Waals surface area contributed by atoms with E-state index in [0.29, 0.717) is 18.1 Å². The molecule has 0 unspecified atom stereocenters. The fourth-order valence-electron chi connectivity index (χ4n) is 2.01. The summed E-state index contributed by atoms with van der Waals surface area (Å²) < 4.78 is 1.87. The van der Waals surface area contributed by atoms with Crippen LogP contribution >= 0.6 is 11.6 Å². The molecule has 0 atom stereocenters. The van der Waals surface area contributed by atoms with Gasteiger partial charge >= 0.3 is 0 Å². The molecule has 1 aromatic carbocycles. The van der Waals surface area contributed by atoms with Gasteiger partial charge in [-0.2, -0.15) is 5.26 Å². The maximum absolute atomic E-state index is 8.94. The maximum atomic E-state index is 8.94. The van der Waals surface area contributed by atoms with Crippen molar-refractivity contribution in [1.82, 2.24) is 14.5 Å². The van der Waals surface area contributed by atoms with Gasteiger partial charge in [-0.1, -0.05) is 11.6 Å². The van der Waals surface area contributed by atoms with E-state index in [9.17, 15) is 0 Å². The molecule has 0 radical (unpaired) electrons. The number of benzene rings is 1. The van der Waals surface area contributed by atoms with Crippen LogP contribution in [0.3, 0.4) is 0 Å². The largest absolute Gasteiger partial charge is 0.395 e. The molecule has 0 aliphatic rings. The first-order valence-electron chi connectivity index (χ1n) is 5.96. The number of hydrogen-bond donors (Lipinski definition) is 1. The van der Waals surface area contributed by atoms with Gasteiger partial charge in [-0.05, 0) is 25.2 Å². The van der Waals surface area contributed by atoms with Gasteiger partial charge in [0.25, 0.3) is 0 Å². The molecule has 0 bridgehead atoms. The molecular weight excluding hydrogens is 264 g/mol. The Kier molecular flexibility index (Phi) is 4.38. The van der Waals surface area contributed by atoms with Gasteiger partial charge in [-0.25, -0.2) is 4.98 Å². The molecule has 0 fully saturated rings. The second kappa shape index (κ2) is 6.02. The molecule has 5 nitrogen and oxygen atoms in total. The molecule has 19 heavy (non-hydrogen) atoms. The average molecular weight is 279 g/mol. The number of rotatable bonds is 5. The molecule has 100 valence electrons. The molecule has 0 saturated heterocycles. The minimum Gasteiger partial charge on any atom is -0.395 e. The molecule has 0 aliphatic heterocycles. The normalized spacial score (nSPS) is 11.1. The molecule has 1 N–H and O–H groups in total. The van der Waals surface area contributed by atoms with E-state index in [4.69, 9.17) is 22.0 Å². The molecule has 2 aromatic rings. The van der Waals surface area contributed by atoms with Gasteiger partial charge in [-0.3, -0.25) is 4.90 Å². The molecule has 0 amide bonds. The Hall–Kier alpha value is -1.61. The van der Waals surface area contributed by atoms with E-state index < -0.39 is 0 Å². The van der Waals surface area contributed by atoms with Gasteiger partial charge in [0.05, 0.1) is 30.3 Å². The van der Waals surface area contributed by atoms with E-state index in [1.54, 1.807) is 12.1 Å². The minimum atomic E-state index is 0.0980. The van der Waals surface area contributed by atoms with Crippen molar-refractivity contribution in [2.45, 2.75) is 13.1 Å². The van der Waals surface area contributed by atoms with Gasteiger partial charge in [0, 0.05) is 11.6 Å². The highest BCUT2D eigenvalue weighted by molar-refractivity contribution is 6.31. The zero-order valence-electron chi connectivity index (χ0n) is 10.7. The third kappa shape index (κ3) is 3.04. The number of likely N-dealkylation sites (N-methyl/N-ethyl adjacent to an activating group) is 1. The Labute approximate surface area is 116 Å². The summed E-state index contributed by atoms with van der Waals surface area (Å²) in [7, 11) is 1.90. The SMILES string of the molecule is CN(CCO)Cc1nc2cc(Cl)ccc2n1CC#N. The van der Waals surface area contributed by atoms with Gasteiger partial charge < -0.3 is 9.67 Å². The van der Waals surface area contributed by atoms with Crippen LogP contribution < -0.4 is 0 Å². The number of nitriles is 1. The summed E-state index contributed by atoms with van der Waals surface area (Å²) in [5.41, 5.74) is 1.69. The second-order valence-corrected chi connectivity index (χ2v) is 4.80.